The number of amides is 1. The van der Waals surface area contributed by atoms with Gasteiger partial charge in [-0.25, -0.2) is 9.18 Å². The van der Waals surface area contributed by atoms with Gasteiger partial charge in [0.15, 0.2) is 0 Å². The molecule has 1 aromatic carbocycles. The maximum Gasteiger partial charge on any atom is 0.410 e. The summed E-state index contributed by atoms with van der Waals surface area (Å²) in [5, 5.41) is 10.5. The van der Waals surface area contributed by atoms with Gasteiger partial charge in [0, 0.05) is 6.54 Å². The number of ether oxygens (including phenoxy) is 2. The van der Waals surface area contributed by atoms with Gasteiger partial charge in [-0.05, 0) is 32.8 Å². The first kappa shape index (κ1) is 18.7. The summed E-state index contributed by atoms with van der Waals surface area (Å²) < 4.78 is 25.1. The molecule has 0 aliphatic carbocycles. The molecule has 2 rings (SSSR count). The van der Waals surface area contributed by atoms with Crippen LogP contribution in [0.5, 0.6) is 0 Å². The van der Waals surface area contributed by atoms with Gasteiger partial charge in [0.05, 0.1) is 19.8 Å². The smallest absolute Gasteiger partial charge is 0.410 e. The van der Waals surface area contributed by atoms with Gasteiger partial charge < -0.3 is 19.5 Å². The number of benzene rings is 1. The van der Waals surface area contributed by atoms with Crippen LogP contribution in [0, 0.1) is 0 Å². The zero-order chi connectivity index (χ0) is 17.8. The number of halogens is 1. The van der Waals surface area contributed by atoms with E-state index in [2.05, 4.69) is 0 Å². The Bertz CT molecular complexity index is 546. The minimum atomic E-state index is -1.58. The average molecular weight is 339 g/mol. The number of hydrogen-bond acceptors (Lipinski definition) is 4. The summed E-state index contributed by atoms with van der Waals surface area (Å²) in [6.45, 7) is 5.53. The molecule has 2 atom stereocenters. The summed E-state index contributed by atoms with van der Waals surface area (Å²) in [4.78, 5) is 13.3. The lowest BCUT2D eigenvalue weighted by Crippen LogP contribution is -2.57. The van der Waals surface area contributed by atoms with Crippen molar-refractivity contribution >= 4 is 6.09 Å². The normalized spacial score (nSPS) is 24.7. The van der Waals surface area contributed by atoms with Gasteiger partial charge in [-0.1, -0.05) is 30.3 Å². The molecule has 6 heteroatoms. The largest absolute Gasteiger partial charge is 0.444 e. The summed E-state index contributed by atoms with van der Waals surface area (Å²) in [6.07, 6.45) is -2.02. The predicted molar refractivity (Wildman–Crippen MR) is 88.4 cm³/mol. The molecule has 1 saturated heterocycles. The first-order valence-corrected chi connectivity index (χ1v) is 8.16. The molecule has 24 heavy (non-hydrogen) atoms. The summed E-state index contributed by atoms with van der Waals surface area (Å²) in [5.41, 5.74) is -1.24. The number of alkyl halides is 1. The topological polar surface area (TPSA) is 59.0 Å². The highest BCUT2D eigenvalue weighted by atomic mass is 19.1. The zero-order valence-electron chi connectivity index (χ0n) is 14.5. The fraction of sp³-hybridized carbons (Fsp3) is 0.611. The summed E-state index contributed by atoms with van der Waals surface area (Å²) in [6, 6.07) is 9.50. The molecule has 0 saturated carbocycles. The first-order valence-electron chi connectivity index (χ1n) is 8.16. The van der Waals surface area contributed by atoms with Crippen LogP contribution in [0.2, 0.25) is 0 Å². The Morgan fingerprint density at radius 1 is 1.38 bits per heavy atom. The van der Waals surface area contributed by atoms with Gasteiger partial charge in [-0.2, -0.15) is 0 Å². The molecular weight excluding hydrogens is 313 g/mol. The van der Waals surface area contributed by atoms with Gasteiger partial charge in [-0.15, -0.1) is 0 Å². The summed E-state index contributed by atoms with van der Waals surface area (Å²) in [5.74, 6) is 0. The minimum absolute atomic E-state index is 0.106. The van der Waals surface area contributed by atoms with Crippen molar-refractivity contribution in [3.8, 4) is 0 Å². The van der Waals surface area contributed by atoms with Gasteiger partial charge in [0.25, 0.3) is 0 Å². The third-order valence-corrected chi connectivity index (χ3v) is 3.89. The molecule has 0 bridgehead atoms. The zero-order valence-corrected chi connectivity index (χ0v) is 14.5. The number of carbonyl (C=O) groups is 1. The number of piperidine rings is 1. The van der Waals surface area contributed by atoms with Gasteiger partial charge >= 0.3 is 6.09 Å². The fourth-order valence-corrected chi connectivity index (χ4v) is 2.51. The number of rotatable bonds is 4. The third-order valence-electron chi connectivity index (χ3n) is 3.89. The molecule has 1 amide bonds. The van der Waals surface area contributed by atoms with Crippen LogP contribution in [-0.2, 0) is 16.1 Å². The van der Waals surface area contributed by atoms with Crippen LogP contribution < -0.4 is 0 Å². The average Bonchev–Trinajstić information content (AvgIpc) is 2.49. The van der Waals surface area contributed by atoms with Crippen molar-refractivity contribution in [3.05, 3.63) is 35.9 Å². The van der Waals surface area contributed by atoms with E-state index in [1.165, 1.54) is 4.90 Å². The van der Waals surface area contributed by atoms with E-state index in [-0.39, 0.29) is 26.1 Å². The van der Waals surface area contributed by atoms with E-state index in [4.69, 9.17) is 9.47 Å². The SMILES string of the molecule is CC(C)(C)OC(=O)N1CCC(O)(COCc2ccccc2)C(F)C1. The van der Waals surface area contributed by atoms with E-state index < -0.39 is 23.5 Å². The van der Waals surface area contributed by atoms with Crippen molar-refractivity contribution in [2.24, 2.45) is 0 Å². The molecule has 2 unspecified atom stereocenters. The van der Waals surface area contributed by atoms with E-state index in [1.54, 1.807) is 20.8 Å². The fourth-order valence-electron chi connectivity index (χ4n) is 2.51. The molecule has 1 heterocycles. The van der Waals surface area contributed by atoms with Crippen LogP contribution in [0.4, 0.5) is 9.18 Å². The van der Waals surface area contributed by atoms with Gasteiger partial charge in [0.2, 0.25) is 0 Å². The van der Waals surface area contributed by atoms with Crippen LogP contribution in [0.3, 0.4) is 0 Å². The van der Waals surface area contributed by atoms with Crippen molar-refractivity contribution in [1.82, 2.24) is 4.90 Å². The second-order valence-corrected chi connectivity index (χ2v) is 7.23. The Balaban J connectivity index is 1.84. The lowest BCUT2D eigenvalue weighted by Gasteiger charge is -2.40. The van der Waals surface area contributed by atoms with Gasteiger partial charge in [-0.3, -0.25) is 0 Å². The summed E-state index contributed by atoms with van der Waals surface area (Å²) >= 11 is 0. The molecule has 1 fully saturated rings. The van der Waals surface area contributed by atoms with E-state index in [1.807, 2.05) is 30.3 Å². The van der Waals surface area contributed by atoms with E-state index in [0.29, 0.717) is 6.61 Å². The van der Waals surface area contributed by atoms with E-state index in [9.17, 15) is 14.3 Å². The highest BCUT2D eigenvalue weighted by Crippen LogP contribution is 2.27. The number of likely N-dealkylation sites (tertiary alicyclic amines) is 1. The molecule has 1 N–H and O–H groups in total. The number of nitrogens with zero attached hydrogens (tertiary/aromatic N) is 1. The van der Waals surface area contributed by atoms with Crippen LogP contribution in [-0.4, -0.2) is 53.2 Å². The van der Waals surface area contributed by atoms with Crippen LogP contribution in [0.25, 0.3) is 0 Å². The molecule has 0 aromatic heterocycles. The van der Waals surface area contributed by atoms with E-state index >= 15 is 0 Å². The molecule has 134 valence electrons. The molecule has 0 spiro atoms. The Hall–Kier alpha value is -1.66. The number of hydrogen-bond donors (Lipinski definition) is 1. The maximum atomic E-state index is 14.4. The second-order valence-electron chi connectivity index (χ2n) is 7.23. The van der Waals surface area contributed by atoms with Gasteiger partial charge in [0.1, 0.15) is 17.4 Å². The quantitative estimate of drug-likeness (QED) is 0.916. The predicted octanol–water partition coefficient (Wildman–Crippen LogP) is 2.91. The number of aliphatic hydroxyl groups is 1. The lowest BCUT2D eigenvalue weighted by atomic mass is 9.90. The Kier molecular flexibility index (Phi) is 5.83. The Morgan fingerprint density at radius 3 is 2.62 bits per heavy atom. The van der Waals surface area contributed by atoms with Crippen LogP contribution >= 0.6 is 0 Å². The molecule has 5 nitrogen and oxygen atoms in total. The standard InChI is InChI=1S/C18H26FNO4/c1-17(2,3)24-16(21)20-10-9-18(22,15(19)11-20)13-23-12-14-7-5-4-6-8-14/h4-8,15,22H,9-13H2,1-3H3. The second kappa shape index (κ2) is 7.49. The number of carbonyl (C=O) groups excluding carboxylic acids is 1. The molecule has 1 aliphatic heterocycles. The molecule has 1 aromatic rings. The molecule has 1 aliphatic rings. The van der Waals surface area contributed by atoms with Crippen molar-refractivity contribution in [3.63, 3.8) is 0 Å². The molecular formula is C18H26FNO4. The minimum Gasteiger partial charge on any atom is -0.444 e. The third kappa shape index (κ3) is 5.18. The van der Waals surface area contributed by atoms with E-state index in [0.717, 1.165) is 5.56 Å². The van der Waals surface area contributed by atoms with Crippen LogP contribution in [0.1, 0.15) is 32.8 Å². The lowest BCUT2D eigenvalue weighted by molar-refractivity contribution is -0.129. The van der Waals surface area contributed by atoms with Crippen LogP contribution in [0.15, 0.2) is 30.3 Å². The van der Waals surface area contributed by atoms with Crippen molar-refractivity contribution in [2.45, 2.75) is 51.2 Å². The Morgan fingerprint density at radius 2 is 2.04 bits per heavy atom. The monoisotopic (exact) mass is 339 g/mol. The highest BCUT2D eigenvalue weighted by Gasteiger charge is 2.44. The van der Waals surface area contributed by atoms with Crippen molar-refractivity contribution in [1.29, 1.82) is 0 Å². The Labute approximate surface area is 142 Å². The maximum absolute atomic E-state index is 14.4. The van der Waals surface area contributed by atoms with Crippen molar-refractivity contribution < 1.29 is 23.8 Å². The highest BCUT2D eigenvalue weighted by molar-refractivity contribution is 5.68. The van der Waals surface area contributed by atoms with Crippen molar-refractivity contribution in [2.75, 3.05) is 19.7 Å². The first-order chi connectivity index (χ1) is 11.2. The summed E-state index contributed by atoms with van der Waals surface area (Å²) in [7, 11) is 0. The molecule has 0 radical (unpaired) electrons.